The van der Waals surface area contributed by atoms with Crippen LogP contribution in [0, 0.1) is 0 Å². The van der Waals surface area contributed by atoms with Crippen LogP contribution in [0.25, 0.3) is 11.2 Å². The first-order chi connectivity index (χ1) is 4.88. The minimum absolute atomic E-state index is 0. The molecule has 0 atom stereocenters. The second-order valence-electron chi connectivity index (χ2n) is 1.83. The zero-order valence-electron chi connectivity index (χ0n) is 8.96. The summed E-state index contributed by atoms with van der Waals surface area (Å²) < 4.78 is 0. The van der Waals surface area contributed by atoms with Crippen molar-refractivity contribution in [3.05, 3.63) is 23.0 Å². The first kappa shape index (κ1) is 12.3. The Morgan fingerprint density at radius 1 is 1.17 bits per heavy atom. The fraction of sp³-hybridized carbons (Fsp3) is 0. The Balaban J connectivity index is -0.000000302. The third-order valence-corrected chi connectivity index (χ3v) is 1.23. The number of hydrogen-bond donors (Lipinski definition) is 2. The van der Waals surface area contributed by atoms with Gasteiger partial charge in [-0.1, -0.05) is 0 Å². The molecule has 0 aliphatic carbocycles. The van der Waals surface area contributed by atoms with Gasteiger partial charge in [-0.15, -0.1) is 0 Å². The van der Waals surface area contributed by atoms with E-state index in [9.17, 15) is 4.79 Å². The Hall–Kier alpha value is 0.350. The van der Waals surface area contributed by atoms with E-state index in [-0.39, 0.29) is 67.5 Å². The molecule has 0 saturated carbocycles. The summed E-state index contributed by atoms with van der Waals surface area (Å²) in [5, 5.41) is 0. The van der Waals surface area contributed by atoms with E-state index < -0.39 is 0 Å². The van der Waals surface area contributed by atoms with Gasteiger partial charge in [0.15, 0.2) is 11.2 Å². The van der Waals surface area contributed by atoms with Gasteiger partial charge in [-0.05, 0) is 0 Å². The Morgan fingerprint density at radius 3 is 2.33 bits per heavy atom. The topological polar surface area (TPSA) is 74.4 Å². The van der Waals surface area contributed by atoms with Crippen LogP contribution in [0.15, 0.2) is 17.4 Å². The fourth-order valence-corrected chi connectivity index (χ4v) is 0.776. The van der Waals surface area contributed by atoms with Gasteiger partial charge >= 0.3 is 59.1 Å². The third-order valence-electron chi connectivity index (χ3n) is 1.23. The predicted molar refractivity (Wildman–Crippen MR) is 36.7 cm³/mol. The van der Waals surface area contributed by atoms with Crippen molar-refractivity contribution < 1.29 is 62.0 Å². The molecule has 0 aromatic carbocycles. The number of fused-ring (bicyclic) bond motifs is 1. The number of aromatic nitrogens is 4. The van der Waals surface area contributed by atoms with Crippen molar-refractivity contribution in [2.75, 3.05) is 0 Å². The standard InChI is InChI=1S/C5H4N4O.2Na.2H/c10-5-3-4(7-1-6-3)8-2-9-5;;;;/h1-2H,(H2,6,7,8,9,10);;;;/q;2*+1;2*-1. The molecule has 54 valence electrons. The van der Waals surface area contributed by atoms with Gasteiger partial charge in [0.1, 0.15) is 0 Å². The van der Waals surface area contributed by atoms with E-state index in [4.69, 9.17) is 0 Å². The quantitative estimate of drug-likeness (QED) is 0.400. The molecule has 0 amide bonds. The van der Waals surface area contributed by atoms with E-state index in [0.29, 0.717) is 11.2 Å². The van der Waals surface area contributed by atoms with Gasteiger partial charge in [0, 0.05) is 0 Å². The Morgan fingerprint density at radius 2 is 1.75 bits per heavy atom. The molecule has 12 heavy (non-hydrogen) atoms. The summed E-state index contributed by atoms with van der Waals surface area (Å²) in [7, 11) is 0. The van der Waals surface area contributed by atoms with Gasteiger partial charge in [-0.2, -0.15) is 0 Å². The molecule has 2 rings (SSSR count). The molecular formula is C5H6N4Na2O. The number of rotatable bonds is 0. The molecule has 0 fully saturated rings. The maximum absolute atomic E-state index is 10.9. The van der Waals surface area contributed by atoms with Gasteiger partial charge in [0.05, 0.1) is 12.7 Å². The summed E-state index contributed by atoms with van der Waals surface area (Å²) in [6.07, 6.45) is 2.76. The molecule has 2 heterocycles. The van der Waals surface area contributed by atoms with Gasteiger partial charge in [0.2, 0.25) is 0 Å². The third kappa shape index (κ3) is 2.18. The Labute approximate surface area is 115 Å². The van der Waals surface area contributed by atoms with Gasteiger partial charge in [-0.25, -0.2) is 9.97 Å². The van der Waals surface area contributed by atoms with Crippen LogP contribution in [0.5, 0.6) is 0 Å². The monoisotopic (exact) mass is 184 g/mol. The van der Waals surface area contributed by atoms with E-state index >= 15 is 0 Å². The molecule has 2 N–H and O–H groups in total. The number of imidazole rings is 1. The summed E-state index contributed by atoms with van der Waals surface area (Å²) in [6.45, 7) is 0. The molecule has 0 aliphatic rings. The summed E-state index contributed by atoms with van der Waals surface area (Å²) in [5.74, 6) is 0. The van der Waals surface area contributed by atoms with Crippen molar-refractivity contribution >= 4 is 11.2 Å². The van der Waals surface area contributed by atoms with Gasteiger partial charge < -0.3 is 12.8 Å². The number of H-pyrrole nitrogens is 2. The van der Waals surface area contributed by atoms with Crippen LogP contribution in [0.1, 0.15) is 2.85 Å². The van der Waals surface area contributed by atoms with E-state index in [1.165, 1.54) is 12.7 Å². The summed E-state index contributed by atoms with van der Waals surface area (Å²) in [5.41, 5.74) is 0.675. The second kappa shape index (κ2) is 5.16. The number of nitrogens with one attached hydrogen (secondary N) is 2. The molecule has 0 unspecified atom stereocenters. The summed E-state index contributed by atoms with van der Waals surface area (Å²) in [4.78, 5) is 23.6. The van der Waals surface area contributed by atoms with E-state index in [1.807, 2.05) is 0 Å². The molecule has 0 radical (unpaired) electrons. The fourth-order valence-electron chi connectivity index (χ4n) is 0.776. The molecule has 2 aromatic rings. The van der Waals surface area contributed by atoms with Crippen molar-refractivity contribution in [2.45, 2.75) is 0 Å². The smallest absolute Gasteiger partial charge is 1.00 e. The first-order valence-electron chi connectivity index (χ1n) is 2.75. The molecular weight excluding hydrogens is 178 g/mol. The molecule has 5 nitrogen and oxygen atoms in total. The van der Waals surface area contributed by atoms with Crippen molar-refractivity contribution in [2.24, 2.45) is 0 Å². The van der Waals surface area contributed by atoms with Crippen LogP contribution in [0.3, 0.4) is 0 Å². The summed E-state index contributed by atoms with van der Waals surface area (Å²) in [6, 6.07) is 0. The largest absolute Gasteiger partial charge is 1.00 e. The first-order valence-corrected chi connectivity index (χ1v) is 2.75. The Bertz CT molecular complexity index is 417. The normalized spacial score (nSPS) is 8.67. The average molecular weight is 184 g/mol. The Kier molecular flexibility index (Phi) is 5.31. The van der Waals surface area contributed by atoms with Crippen LogP contribution in [-0.4, -0.2) is 19.9 Å². The maximum atomic E-state index is 10.9. The zero-order chi connectivity index (χ0) is 6.97. The zero-order valence-corrected chi connectivity index (χ0v) is 11.0. The molecule has 0 saturated heterocycles. The number of nitrogens with zero attached hydrogens (tertiary/aromatic N) is 2. The summed E-state index contributed by atoms with van der Waals surface area (Å²) >= 11 is 0. The molecule has 0 spiro atoms. The van der Waals surface area contributed by atoms with E-state index in [1.54, 1.807) is 0 Å². The SMILES string of the molecule is O=c1[nH]cnc2nc[nH]c12.[H-].[H-].[Na+].[Na+]. The van der Waals surface area contributed by atoms with Crippen molar-refractivity contribution in [3.8, 4) is 0 Å². The minimum Gasteiger partial charge on any atom is -1.00 e. The maximum Gasteiger partial charge on any atom is 1.00 e. The van der Waals surface area contributed by atoms with Crippen LogP contribution < -0.4 is 64.7 Å². The van der Waals surface area contributed by atoms with Crippen LogP contribution in [0.2, 0.25) is 0 Å². The second-order valence-corrected chi connectivity index (χ2v) is 1.83. The number of hydrogen-bond acceptors (Lipinski definition) is 3. The van der Waals surface area contributed by atoms with Crippen molar-refractivity contribution in [1.82, 2.24) is 19.9 Å². The number of aromatic amines is 2. The molecule has 2 aromatic heterocycles. The molecule has 0 aliphatic heterocycles. The van der Waals surface area contributed by atoms with E-state index in [0.717, 1.165) is 0 Å². The molecule has 7 heteroatoms. The van der Waals surface area contributed by atoms with Crippen molar-refractivity contribution in [3.63, 3.8) is 0 Å². The van der Waals surface area contributed by atoms with Gasteiger partial charge in [0.25, 0.3) is 5.56 Å². The minimum atomic E-state index is -0.192. The van der Waals surface area contributed by atoms with Crippen LogP contribution in [0.4, 0.5) is 0 Å². The van der Waals surface area contributed by atoms with Gasteiger partial charge in [-0.3, -0.25) is 4.79 Å². The van der Waals surface area contributed by atoms with Crippen molar-refractivity contribution in [1.29, 1.82) is 0 Å². The van der Waals surface area contributed by atoms with Crippen LogP contribution in [-0.2, 0) is 0 Å². The predicted octanol–water partition coefficient (Wildman–Crippen LogP) is -6.12. The van der Waals surface area contributed by atoms with E-state index in [2.05, 4.69) is 19.9 Å². The average Bonchev–Trinajstić information content (AvgIpc) is 2.36. The molecule has 0 bridgehead atoms. The van der Waals surface area contributed by atoms with Crippen LogP contribution >= 0.6 is 0 Å².